The molecular weight excluding hydrogens is 194 g/mol. The fourth-order valence-corrected chi connectivity index (χ4v) is 2.83. The van der Waals surface area contributed by atoms with E-state index in [2.05, 4.69) is 40.1 Å². The van der Waals surface area contributed by atoms with E-state index in [1.54, 1.807) is 0 Å². The highest BCUT2D eigenvalue weighted by Gasteiger charge is 2.29. The van der Waals surface area contributed by atoms with E-state index in [9.17, 15) is 0 Å². The summed E-state index contributed by atoms with van der Waals surface area (Å²) in [7, 11) is 2.10. The first-order valence-electron chi connectivity index (χ1n) is 7.32. The van der Waals surface area contributed by atoms with Gasteiger partial charge in [0.2, 0.25) is 0 Å². The second-order valence-electron chi connectivity index (χ2n) is 5.37. The van der Waals surface area contributed by atoms with Crippen LogP contribution in [0.2, 0.25) is 0 Å². The lowest BCUT2D eigenvalue weighted by Crippen LogP contribution is -2.34. The van der Waals surface area contributed by atoms with Crippen LogP contribution in [0.4, 0.5) is 0 Å². The normalized spacial score (nSPS) is 15.4. The number of hydrogen-bond acceptors (Lipinski definition) is 1. The van der Waals surface area contributed by atoms with Gasteiger partial charge in [-0.15, -0.1) is 0 Å². The maximum Gasteiger partial charge on any atom is 0.000480 e. The minimum absolute atomic E-state index is 0.557. The zero-order chi connectivity index (χ0) is 12.4. The van der Waals surface area contributed by atoms with E-state index in [0.717, 1.165) is 5.92 Å². The van der Waals surface area contributed by atoms with Gasteiger partial charge >= 0.3 is 0 Å². The van der Waals surface area contributed by atoms with E-state index in [4.69, 9.17) is 0 Å². The molecule has 98 valence electrons. The molecule has 0 aromatic heterocycles. The van der Waals surface area contributed by atoms with Crippen molar-refractivity contribution in [3.05, 3.63) is 0 Å². The minimum Gasteiger partial charge on any atom is -0.319 e. The second kappa shape index (κ2) is 9.04. The highest BCUT2D eigenvalue weighted by molar-refractivity contribution is 4.82. The van der Waals surface area contributed by atoms with Crippen LogP contribution in [0.5, 0.6) is 0 Å². The van der Waals surface area contributed by atoms with Gasteiger partial charge in [-0.1, -0.05) is 53.4 Å². The fourth-order valence-electron chi connectivity index (χ4n) is 2.83. The standard InChI is InChI=1S/C15H33N/c1-6-10-11-15(9-4,13-16-5)12-14(7-2)8-3/h14,16H,6-13H2,1-5H3. The molecule has 0 aromatic rings. The van der Waals surface area contributed by atoms with E-state index in [1.165, 1.54) is 51.5 Å². The largest absolute Gasteiger partial charge is 0.319 e. The zero-order valence-corrected chi connectivity index (χ0v) is 12.2. The lowest BCUT2D eigenvalue weighted by Gasteiger charge is -2.36. The Morgan fingerprint density at radius 2 is 1.69 bits per heavy atom. The van der Waals surface area contributed by atoms with Crippen LogP contribution in [0.3, 0.4) is 0 Å². The van der Waals surface area contributed by atoms with Crippen molar-refractivity contribution in [3.8, 4) is 0 Å². The van der Waals surface area contributed by atoms with Gasteiger partial charge in [0.1, 0.15) is 0 Å². The average molecular weight is 227 g/mol. The first-order valence-corrected chi connectivity index (χ1v) is 7.32. The molecule has 0 spiro atoms. The Bertz CT molecular complexity index is 152. The van der Waals surface area contributed by atoms with E-state index in [0.29, 0.717) is 5.41 Å². The molecule has 1 heteroatoms. The summed E-state index contributed by atoms with van der Waals surface area (Å²) < 4.78 is 0. The molecule has 0 saturated heterocycles. The van der Waals surface area contributed by atoms with Crippen LogP contribution in [-0.2, 0) is 0 Å². The Hall–Kier alpha value is -0.0400. The van der Waals surface area contributed by atoms with Gasteiger partial charge in [-0.2, -0.15) is 0 Å². The second-order valence-corrected chi connectivity index (χ2v) is 5.37. The molecular formula is C15H33N. The van der Waals surface area contributed by atoms with Crippen LogP contribution in [0.1, 0.15) is 72.6 Å². The average Bonchev–Trinajstić information content (AvgIpc) is 2.33. The third-order valence-corrected chi connectivity index (χ3v) is 4.24. The molecule has 0 aromatic carbocycles. The summed E-state index contributed by atoms with van der Waals surface area (Å²) in [5.41, 5.74) is 0.557. The summed E-state index contributed by atoms with van der Waals surface area (Å²) >= 11 is 0. The van der Waals surface area contributed by atoms with Gasteiger partial charge < -0.3 is 5.32 Å². The molecule has 1 nitrogen and oxygen atoms in total. The summed E-state index contributed by atoms with van der Waals surface area (Å²) in [4.78, 5) is 0. The molecule has 0 aliphatic carbocycles. The predicted molar refractivity (Wildman–Crippen MR) is 74.9 cm³/mol. The molecule has 0 heterocycles. The lowest BCUT2D eigenvalue weighted by molar-refractivity contribution is 0.173. The maximum atomic E-state index is 3.42. The number of hydrogen-bond donors (Lipinski definition) is 1. The van der Waals surface area contributed by atoms with Crippen molar-refractivity contribution in [3.63, 3.8) is 0 Å². The van der Waals surface area contributed by atoms with Crippen molar-refractivity contribution in [2.45, 2.75) is 72.6 Å². The molecule has 0 amide bonds. The van der Waals surface area contributed by atoms with Crippen LogP contribution in [0, 0.1) is 11.3 Å². The smallest absolute Gasteiger partial charge is 0.000480 e. The molecule has 0 rings (SSSR count). The molecule has 0 saturated carbocycles. The van der Waals surface area contributed by atoms with Crippen LogP contribution in [-0.4, -0.2) is 13.6 Å². The van der Waals surface area contributed by atoms with Crippen LogP contribution in [0.25, 0.3) is 0 Å². The van der Waals surface area contributed by atoms with Crippen molar-refractivity contribution in [2.24, 2.45) is 11.3 Å². The Morgan fingerprint density at radius 3 is 2.06 bits per heavy atom. The Balaban J connectivity index is 4.46. The van der Waals surface area contributed by atoms with Gasteiger partial charge in [0.15, 0.2) is 0 Å². The van der Waals surface area contributed by atoms with Crippen LogP contribution >= 0.6 is 0 Å². The van der Waals surface area contributed by atoms with Gasteiger partial charge in [0.05, 0.1) is 0 Å². The molecule has 1 atom stereocenters. The highest BCUT2D eigenvalue weighted by atomic mass is 14.8. The van der Waals surface area contributed by atoms with Crippen molar-refractivity contribution in [1.82, 2.24) is 5.32 Å². The lowest BCUT2D eigenvalue weighted by atomic mass is 9.72. The molecule has 0 radical (unpaired) electrons. The molecule has 1 unspecified atom stereocenters. The van der Waals surface area contributed by atoms with Crippen molar-refractivity contribution >= 4 is 0 Å². The monoisotopic (exact) mass is 227 g/mol. The molecule has 0 fully saturated rings. The first kappa shape index (κ1) is 16.0. The molecule has 16 heavy (non-hydrogen) atoms. The molecule has 0 aliphatic heterocycles. The zero-order valence-electron chi connectivity index (χ0n) is 12.2. The van der Waals surface area contributed by atoms with Gasteiger partial charge in [0, 0.05) is 6.54 Å². The van der Waals surface area contributed by atoms with Crippen LogP contribution < -0.4 is 5.32 Å². The SMILES string of the molecule is CCCCC(CC)(CNC)CC(CC)CC. The van der Waals surface area contributed by atoms with Crippen LogP contribution in [0.15, 0.2) is 0 Å². The van der Waals surface area contributed by atoms with E-state index in [-0.39, 0.29) is 0 Å². The number of nitrogens with one attached hydrogen (secondary N) is 1. The van der Waals surface area contributed by atoms with E-state index < -0.39 is 0 Å². The van der Waals surface area contributed by atoms with Crippen molar-refractivity contribution < 1.29 is 0 Å². The summed E-state index contributed by atoms with van der Waals surface area (Å²) in [6.45, 7) is 10.5. The molecule has 1 N–H and O–H groups in total. The summed E-state index contributed by atoms with van der Waals surface area (Å²) in [5, 5.41) is 3.42. The quantitative estimate of drug-likeness (QED) is 0.574. The number of rotatable bonds is 10. The highest BCUT2D eigenvalue weighted by Crippen LogP contribution is 2.37. The molecule has 0 bridgehead atoms. The summed E-state index contributed by atoms with van der Waals surface area (Å²) in [6.07, 6.45) is 9.53. The fraction of sp³-hybridized carbons (Fsp3) is 1.00. The van der Waals surface area contributed by atoms with Crippen molar-refractivity contribution in [2.75, 3.05) is 13.6 Å². The van der Waals surface area contributed by atoms with E-state index in [1.807, 2.05) is 0 Å². The minimum atomic E-state index is 0.557. The van der Waals surface area contributed by atoms with Gasteiger partial charge in [0.25, 0.3) is 0 Å². The van der Waals surface area contributed by atoms with Gasteiger partial charge in [-0.25, -0.2) is 0 Å². The van der Waals surface area contributed by atoms with Gasteiger partial charge in [-0.05, 0) is 37.6 Å². The Labute approximate surface area is 103 Å². The molecule has 0 aliphatic rings. The summed E-state index contributed by atoms with van der Waals surface area (Å²) in [6, 6.07) is 0. The summed E-state index contributed by atoms with van der Waals surface area (Å²) in [5.74, 6) is 0.921. The number of unbranched alkanes of at least 4 members (excludes halogenated alkanes) is 1. The van der Waals surface area contributed by atoms with Crippen molar-refractivity contribution in [1.29, 1.82) is 0 Å². The predicted octanol–water partition coefficient (Wildman–Crippen LogP) is 4.62. The topological polar surface area (TPSA) is 12.0 Å². The third-order valence-electron chi connectivity index (χ3n) is 4.24. The third kappa shape index (κ3) is 5.34. The first-order chi connectivity index (χ1) is 7.67. The van der Waals surface area contributed by atoms with E-state index >= 15 is 0 Å². The Morgan fingerprint density at radius 1 is 1.06 bits per heavy atom. The maximum absolute atomic E-state index is 3.42. The van der Waals surface area contributed by atoms with Gasteiger partial charge in [-0.3, -0.25) is 0 Å². The Kier molecular flexibility index (Phi) is 9.02.